The second kappa shape index (κ2) is 12.9. The zero-order valence-corrected chi connectivity index (χ0v) is 25.9. The van der Waals surface area contributed by atoms with Crippen LogP contribution in [0.1, 0.15) is 46.4 Å². The number of carbonyl (C=O) groups excluding carboxylic acids is 1. The number of carbonyl (C=O) groups is 1. The van der Waals surface area contributed by atoms with Gasteiger partial charge in [0.2, 0.25) is 0 Å². The van der Waals surface area contributed by atoms with Crippen LogP contribution in [-0.4, -0.2) is 29.3 Å². The number of amides is 1. The summed E-state index contributed by atoms with van der Waals surface area (Å²) in [6.45, 7) is 0.475. The number of phenols is 1. The minimum atomic E-state index is -5.22. The van der Waals surface area contributed by atoms with Gasteiger partial charge in [-0.3, -0.25) is 4.90 Å². The van der Waals surface area contributed by atoms with Gasteiger partial charge in [-0.05, 0) is 89.3 Å². The smallest absolute Gasteiger partial charge is 0.417 e. The van der Waals surface area contributed by atoms with E-state index in [1.165, 1.54) is 32.2 Å². The lowest BCUT2D eigenvalue weighted by Crippen LogP contribution is -2.32. The number of nitrogens with zero attached hydrogens (tertiary/aromatic N) is 1. The summed E-state index contributed by atoms with van der Waals surface area (Å²) >= 11 is 0. The summed E-state index contributed by atoms with van der Waals surface area (Å²) in [5.74, 6) is -0.708. The van der Waals surface area contributed by atoms with Crippen molar-refractivity contribution < 1.29 is 72.1 Å². The zero-order chi connectivity index (χ0) is 37.8. The van der Waals surface area contributed by atoms with Crippen LogP contribution in [0, 0.1) is 0 Å². The third-order valence-corrected chi connectivity index (χ3v) is 8.21. The third-order valence-electron chi connectivity index (χ3n) is 8.21. The molecule has 0 bridgehead atoms. The van der Waals surface area contributed by atoms with Crippen molar-refractivity contribution in [3.8, 4) is 33.8 Å². The molecule has 2 atom stereocenters. The number of ether oxygens (including phenoxy) is 2. The molecule has 5 rings (SSSR count). The third kappa shape index (κ3) is 7.66. The Morgan fingerprint density at radius 2 is 1.27 bits per heavy atom. The van der Waals surface area contributed by atoms with Crippen molar-refractivity contribution in [1.29, 1.82) is 0 Å². The van der Waals surface area contributed by atoms with Gasteiger partial charge in [-0.2, -0.15) is 52.7 Å². The maximum atomic E-state index is 13.9. The lowest BCUT2D eigenvalue weighted by Gasteiger charge is -2.24. The van der Waals surface area contributed by atoms with Gasteiger partial charge in [-0.1, -0.05) is 18.2 Å². The predicted octanol–water partition coefficient (Wildman–Crippen LogP) is 10.9. The Labute approximate surface area is 280 Å². The average molecular weight is 738 g/mol. The van der Waals surface area contributed by atoms with Gasteiger partial charge in [0.15, 0.2) is 0 Å². The molecule has 4 aromatic rings. The maximum Gasteiger partial charge on any atom is 0.417 e. The number of benzene rings is 4. The van der Waals surface area contributed by atoms with Gasteiger partial charge in [0.25, 0.3) is 0 Å². The standard InChI is InChI=1S/C34H23F12NO4/c1-16-29(18-9-21(32(38,39)40)13-22(10-18)33(41,42)43)51-30(49)47(16)15-19-11-20(31(35,36)37)4-6-24(19)26-12-17(3-8-28(26)50-2)25-7-5-23(48)14-27(25)34(44,45)46/h3-14,16,29,48H,15H2,1-2H3/t16-,29-/m0/s1. The van der Waals surface area contributed by atoms with Crippen LogP contribution in [0.3, 0.4) is 0 Å². The molecule has 0 saturated carbocycles. The van der Waals surface area contributed by atoms with Crippen LogP contribution in [0.2, 0.25) is 0 Å². The van der Waals surface area contributed by atoms with Gasteiger partial charge in [0.05, 0.1) is 42.0 Å². The molecular weight excluding hydrogens is 714 g/mol. The van der Waals surface area contributed by atoms with E-state index in [0.717, 1.165) is 23.1 Å². The number of halogens is 12. The highest BCUT2D eigenvalue weighted by Gasteiger charge is 2.44. The fraction of sp³-hybridized carbons (Fsp3) is 0.265. The molecule has 51 heavy (non-hydrogen) atoms. The SMILES string of the molecule is COc1ccc(-c2ccc(O)cc2C(F)(F)F)cc1-c1ccc(C(F)(F)F)cc1CN1C(=O)O[C@H](c2cc(C(F)(F)F)cc(C(F)(F)F)c2)[C@@H]1C. The summed E-state index contributed by atoms with van der Waals surface area (Å²) in [5, 5.41) is 9.70. The van der Waals surface area contributed by atoms with Crippen molar-refractivity contribution in [1.82, 2.24) is 4.90 Å². The molecule has 1 N–H and O–H groups in total. The molecule has 0 unspecified atom stereocenters. The van der Waals surface area contributed by atoms with E-state index < -0.39 is 88.6 Å². The van der Waals surface area contributed by atoms with Crippen molar-refractivity contribution in [3.05, 3.63) is 106 Å². The molecule has 1 saturated heterocycles. The molecule has 1 aliphatic rings. The number of methoxy groups -OCH3 is 1. The summed E-state index contributed by atoms with van der Waals surface area (Å²) in [6, 6.07) is 7.72. The molecule has 1 amide bonds. The average Bonchev–Trinajstić information content (AvgIpc) is 3.31. The van der Waals surface area contributed by atoms with Crippen LogP contribution >= 0.6 is 0 Å². The zero-order valence-electron chi connectivity index (χ0n) is 25.9. The molecule has 0 aromatic heterocycles. The minimum absolute atomic E-state index is 0.0225. The second-order valence-electron chi connectivity index (χ2n) is 11.5. The van der Waals surface area contributed by atoms with Gasteiger partial charge in [0, 0.05) is 5.56 Å². The first kappa shape index (κ1) is 37.2. The summed E-state index contributed by atoms with van der Waals surface area (Å²) < 4.78 is 175. The van der Waals surface area contributed by atoms with E-state index in [0.29, 0.717) is 30.3 Å². The van der Waals surface area contributed by atoms with E-state index in [9.17, 15) is 62.6 Å². The van der Waals surface area contributed by atoms with Crippen LogP contribution < -0.4 is 4.74 Å². The Balaban J connectivity index is 1.62. The van der Waals surface area contributed by atoms with E-state index in [1.54, 1.807) is 0 Å². The van der Waals surface area contributed by atoms with E-state index in [2.05, 4.69) is 0 Å². The first-order valence-electron chi connectivity index (χ1n) is 14.5. The van der Waals surface area contributed by atoms with Crippen LogP contribution in [0.4, 0.5) is 57.5 Å². The van der Waals surface area contributed by atoms with Gasteiger partial charge in [0.1, 0.15) is 17.6 Å². The van der Waals surface area contributed by atoms with Gasteiger partial charge < -0.3 is 14.6 Å². The second-order valence-corrected chi connectivity index (χ2v) is 11.5. The lowest BCUT2D eigenvalue weighted by atomic mass is 9.91. The number of cyclic esters (lactones) is 1. The fourth-order valence-corrected chi connectivity index (χ4v) is 5.75. The molecule has 1 aliphatic heterocycles. The number of alkyl halides is 12. The molecule has 4 aromatic carbocycles. The molecule has 5 nitrogen and oxygen atoms in total. The Morgan fingerprint density at radius 1 is 0.686 bits per heavy atom. The Hall–Kier alpha value is -5.09. The van der Waals surface area contributed by atoms with Crippen LogP contribution in [0.15, 0.2) is 72.8 Å². The molecular formula is C34H23F12NO4. The number of phenolic OH excluding ortho intramolecular Hbond substituents is 1. The topological polar surface area (TPSA) is 59.0 Å². The van der Waals surface area contributed by atoms with Crippen molar-refractivity contribution in [2.45, 2.75) is 50.3 Å². The van der Waals surface area contributed by atoms with Crippen molar-refractivity contribution >= 4 is 6.09 Å². The monoisotopic (exact) mass is 737 g/mol. The summed E-state index contributed by atoms with van der Waals surface area (Å²) in [5.41, 5.74) is -7.35. The fourth-order valence-electron chi connectivity index (χ4n) is 5.75. The first-order valence-corrected chi connectivity index (χ1v) is 14.5. The molecule has 0 aliphatic carbocycles. The van der Waals surface area contributed by atoms with Gasteiger partial charge in [-0.25, -0.2) is 4.79 Å². The molecule has 1 heterocycles. The number of rotatable bonds is 6. The molecule has 0 spiro atoms. The number of aromatic hydroxyl groups is 1. The van der Waals surface area contributed by atoms with E-state index in [4.69, 9.17) is 9.47 Å². The Kier molecular flexibility index (Phi) is 9.41. The quantitative estimate of drug-likeness (QED) is 0.200. The van der Waals surface area contributed by atoms with Crippen molar-refractivity contribution in [2.24, 2.45) is 0 Å². The maximum absolute atomic E-state index is 13.9. The summed E-state index contributed by atoms with van der Waals surface area (Å²) in [4.78, 5) is 13.9. The highest BCUT2D eigenvalue weighted by Crippen LogP contribution is 2.45. The Bertz CT molecular complexity index is 1930. The predicted molar refractivity (Wildman–Crippen MR) is 156 cm³/mol. The van der Waals surface area contributed by atoms with E-state index in [1.807, 2.05) is 0 Å². The van der Waals surface area contributed by atoms with Crippen LogP contribution in [-0.2, 0) is 36.0 Å². The lowest BCUT2D eigenvalue weighted by molar-refractivity contribution is -0.143. The molecule has 17 heteroatoms. The molecule has 1 fully saturated rings. The minimum Gasteiger partial charge on any atom is -0.508 e. The molecule has 272 valence electrons. The van der Waals surface area contributed by atoms with Gasteiger partial charge in [-0.15, -0.1) is 0 Å². The van der Waals surface area contributed by atoms with Crippen LogP contribution in [0.25, 0.3) is 22.3 Å². The van der Waals surface area contributed by atoms with Crippen LogP contribution in [0.5, 0.6) is 11.5 Å². The van der Waals surface area contributed by atoms with Gasteiger partial charge >= 0.3 is 30.8 Å². The summed E-state index contributed by atoms with van der Waals surface area (Å²) in [6.07, 6.45) is -23.3. The largest absolute Gasteiger partial charge is 0.508 e. The van der Waals surface area contributed by atoms with Crippen molar-refractivity contribution in [2.75, 3.05) is 7.11 Å². The summed E-state index contributed by atoms with van der Waals surface area (Å²) in [7, 11) is 1.18. The first-order chi connectivity index (χ1) is 23.5. The normalized spacial score (nSPS) is 17.1. The number of hydrogen-bond acceptors (Lipinski definition) is 4. The van der Waals surface area contributed by atoms with E-state index >= 15 is 0 Å². The molecule has 0 radical (unpaired) electrons. The highest BCUT2D eigenvalue weighted by atomic mass is 19.4. The number of hydrogen-bond donors (Lipinski definition) is 1. The highest BCUT2D eigenvalue weighted by molar-refractivity contribution is 5.81. The van der Waals surface area contributed by atoms with Crippen molar-refractivity contribution in [3.63, 3.8) is 0 Å². The Morgan fingerprint density at radius 3 is 1.82 bits per heavy atom. The van der Waals surface area contributed by atoms with E-state index in [-0.39, 0.29) is 34.1 Å².